The van der Waals surface area contributed by atoms with Crippen LogP contribution in [0.3, 0.4) is 0 Å². The van der Waals surface area contributed by atoms with Crippen LogP contribution in [0.4, 0.5) is 0 Å². The molecule has 0 heterocycles. The average molecular weight is 370 g/mol. The van der Waals surface area contributed by atoms with Gasteiger partial charge in [-0.05, 0) is 61.8 Å². The minimum atomic E-state index is -1.05. The molecule has 3 N–H and O–H groups in total. The topological polar surface area (TPSA) is 95.5 Å². The predicted molar refractivity (Wildman–Crippen MR) is 98.3 cm³/mol. The number of hydrogen-bond donors (Lipinski definition) is 3. The van der Waals surface area contributed by atoms with Crippen molar-refractivity contribution in [3.05, 3.63) is 35.9 Å². The van der Waals surface area contributed by atoms with Crippen LogP contribution in [0.5, 0.6) is 0 Å². The van der Waals surface area contributed by atoms with Gasteiger partial charge in [-0.1, -0.05) is 30.3 Å². The second-order valence-electron chi connectivity index (χ2n) is 8.71. The minimum absolute atomic E-state index is 0.0958. The third-order valence-electron chi connectivity index (χ3n) is 6.72. The number of amides is 2. The summed E-state index contributed by atoms with van der Waals surface area (Å²) in [5.74, 6) is -0.621. The molecule has 1 atom stereocenters. The molecule has 1 aromatic rings. The van der Waals surface area contributed by atoms with Crippen LogP contribution in [0.1, 0.15) is 56.4 Å². The largest absolute Gasteiger partial charge is 0.481 e. The monoisotopic (exact) mass is 370 g/mol. The van der Waals surface area contributed by atoms with Crippen molar-refractivity contribution in [2.45, 2.75) is 50.9 Å². The number of carbonyl (C=O) groups is 3. The SMILES string of the molecule is O=C(C[C@H](C(=O)O)c1ccccc1)NNC(=O)C12CC3CC(CC(C3)C1)C2. The standard InChI is InChI=1S/C21H26N2O4/c24-18(9-17(19(25)26)16-4-2-1-3-5-16)22-23-20(27)21-10-13-6-14(11-21)8-15(7-13)12-21/h1-5,13-15,17H,6-12H2,(H,22,24)(H,23,27)(H,25,26)/t13?,14?,15?,17-,21?/m0/s1. The molecule has 144 valence electrons. The predicted octanol–water partition coefficient (Wildman–Crippen LogP) is 2.61. The van der Waals surface area contributed by atoms with Gasteiger partial charge in [-0.3, -0.25) is 25.2 Å². The second-order valence-corrected chi connectivity index (χ2v) is 8.71. The van der Waals surface area contributed by atoms with E-state index in [0.29, 0.717) is 23.3 Å². The number of hydrogen-bond acceptors (Lipinski definition) is 3. The van der Waals surface area contributed by atoms with Crippen molar-refractivity contribution < 1.29 is 19.5 Å². The summed E-state index contributed by atoms with van der Waals surface area (Å²) in [5.41, 5.74) is 5.30. The van der Waals surface area contributed by atoms with Crippen LogP contribution in [-0.4, -0.2) is 22.9 Å². The molecular formula is C21H26N2O4. The van der Waals surface area contributed by atoms with Gasteiger partial charge < -0.3 is 5.11 Å². The first kappa shape index (κ1) is 18.0. The van der Waals surface area contributed by atoms with Gasteiger partial charge in [0.2, 0.25) is 11.8 Å². The van der Waals surface area contributed by atoms with Crippen LogP contribution >= 0.6 is 0 Å². The molecule has 2 amide bonds. The van der Waals surface area contributed by atoms with Gasteiger partial charge in [0.15, 0.2) is 0 Å². The Labute approximate surface area is 158 Å². The molecule has 4 fully saturated rings. The highest BCUT2D eigenvalue weighted by molar-refractivity contribution is 5.89. The Balaban J connectivity index is 1.35. The molecule has 4 saturated carbocycles. The van der Waals surface area contributed by atoms with E-state index < -0.39 is 17.8 Å². The summed E-state index contributed by atoms with van der Waals surface area (Å²) >= 11 is 0. The minimum Gasteiger partial charge on any atom is -0.481 e. The summed E-state index contributed by atoms with van der Waals surface area (Å²) in [4.78, 5) is 36.7. The lowest BCUT2D eigenvalue weighted by molar-refractivity contribution is -0.149. The van der Waals surface area contributed by atoms with Gasteiger partial charge in [0.1, 0.15) is 0 Å². The smallest absolute Gasteiger partial charge is 0.311 e. The second kappa shape index (κ2) is 6.98. The normalized spacial score (nSPS) is 31.9. The molecule has 4 bridgehead atoms. The third kappa shape index (κ3) is 3.57. The fraction of sp³-hybridized carbons (Fsp3) is 0.571. The maximum absolute atomic E-state index is 12.8. The third-order valence-corrected chi connectivity index (χ3v) is 6.72. The number of rotatable bonds is 5. The first-order valence-electron chi connectivity index (χ1n) is 9.82. The molecule has 6 nitrogen and oxygen atoms in total. The van der Waals surface area contributed by atoms with Crippen LogP contribution in [-0.2, 0) is 14.4 Å². The van der Waals surface area contributed by atoms with E-state index in [9.17, 15) is 19.5 Å². The van der Waals surface area contributed by atoms with Crippen LogP contribution in [0.2, 0.25) is 0 Å². The van der Waals surface area contributed by atoms with Crippen molar-refractivity contribution >= 4 is 17.8 Å². The van der Waals surface area contributed by atoms with E-state index in [1.165, 1.54) is 19.3 Å². The zero-order chi connectivity index (χ0) is 19.0. The Morgan fingerprint density at radius 3 is 2.04 bits per heavy atom. The molecular weight excluding hydrogens is 344 g/mol. The number of carbonyl (C=O) groups excluding carboxylic acids is 2. The molecule has 0 aliphatic heterocycles. The summed E-state index contributed by atoms with van der Waals surface area (Å²) in [5, 5.41) is 9.44. The summed E-state index contributed by atoms with van der Waals surface area (Å²) in [6, 6.07) is 8.68. The fourth-order valence-corrected chi connectivity index (χ4v) is 5.92. The van der Waals surface area contributed by atoms with Crippen molar-refractivity contribution in [3.63, 3.8) is 0 Å². The van der Waals surface area contributed by atoms with E-state index in [1.54, 1.807) is 30.3 Å². The van der Waals surface area contributed by atoms with Crippen molar-refractivity contribution in [2.24, 2.45) is 23.2 Å². The molecule has 0 radical (unpaired) electrons. The Bertz CT molecular complexity index is 711. The van der Waals surface area contributed by atoms with Gasteiger partial charge in [0.05, 0.1) is 11.3 Å². The maximum Gasteiger partial charge on any atom is 0.311 e. The van der Waals surface area contributed by atoms with Crippen molar-refractivity contribution in [2.75, 3.05) is 0 Å². The highest BCUT2D eigenvalue weighted by Crippen LogP contribution is 2.60. The molecule has 27 heavy (non-hydrogen) atoms. The number of aliphatic carboxylic acids is 1. The first-order chi connectivity index (χ1) is 12.9. The number of benzene rings is 1. The lowest BCUT2D eigenvalue weighted by Gasteiger charge is -2.55. The van der Waals surface area contributed by atoms with E-state index in [1.807, 2.05) is 0 Å². The van der Waals surface area contributed by atoms with E-state index in [0.717, 1.165) is 19.3 Å². The lowest BCUT2D eigenvalue weighted by Crippen LogP contribution is -2.56. The van der Waals surface area contributed by atoms with Gasteiger partial charge >= 0.3 is 5.97 Å². The Morgan fingerprint density at radius 2 is 1.52 bits per heavy atom. The average Bonchev–Trinajstić information content (AvgIpc) is 2.63. The summed E-state index contributed by atoms with van der Waals surface area (Å²) in [7, 11) is 0. The van der Waals surface area contributed by atoms with Crippen LogP contribution in [0, 0.1) is 23.2 Å². The highest BCUT2D eigenvalue weighted by Gasteiger charge is 2.54. The zero-order valence-corrected chi connectivity index (χ0v) is 15.3. The Hall–Kier alpha value is -2.37. The zero-order valence-electron chi connectivity index (χ0n) is 15.3. The first-order valence-corrected chi connectivity index (χ1v) is 9.82. The van der Waals surface area contributed by atoms with Crippen molar-refractivity contribution in [1.29, 1.82) is 0 Å². The summed E-state index contributed by atoms with van der Waals surface area (Å²) in [6.45, 7) is 0. The van der Waals surface area contributed by atoms with E-state index in [4.69, 9.17) is 0 Å². The maximum atomic E-state index is 12.8. The molecule has 4 aliphatic carbocycles. The molecule has 0 spiro atoms. The Kier molecular flexibility index (Phi) is 4.66. The molecule has 5 rings (SSSR count). The Morgan fingerprint density at radius 1 is 0.963 bits per heavy atom. The molecule has 0 aromatic heterocycles. The van der Waals surface area contributed by atoms with Crippen molar-refractivity contribution in [3.8, 4) is 0 Å². The van der Waals surface area contributed by atoms with E-state index in [-0.39, 0.29) is 17.7 Å². The highest BCUT2D eigenvalue weighted by atomic mass is 16.4. The number of carboxylic acid groups (broad SMARTS) is 1. The summed E-state index contributed by atoms with van der Waals surface area (Å²) in [6.07, 6.45) is 6.29. The van der Waals surface area contributed by atoms with Crippen LogP contribution in [0.15, 0.2) is 30.3 Å². The van der Waals surface area contributed by atoms with Gasteiger partial charge in [0, 0.05) is 6.42 Å². The molecule has 4 aliphatic rings. The molecule has 0 unspecified atom stereocenters. The molecule has 0 saturated heterocycles. The van der Waals surface area contributed by atoms with Gasteiger partial charge in [0.25, 0.3) is 0 Å². The van der Waals surface area contributed by atoms with Crippen LogP contribution in [0.25, 0.3) is 0 Å². The number of nitrogens with one attached hydrogen (secondary N) is 2. The molecule has 1 aromatic carbocycles. The molecule has 6 heteroatoms. The number of carboxylic acids is 1. The lowest BCUT2D eigenvalue weighted by atomic mass is 9.49. The quantitative estimate of drug-likeness (QED) is 0.694. The van der Waals surface area contributed by atoms with E-state index >= 15 is 0 Å². The van der Waals surface area contributed by atoms with Gasteiger partial charge in [-0.25, -0.2) is 0 Å². The van der Waals surface area contributed by atoms with Gasteiger partial charge in [-0.2, -0.15) is 0 Å². The van der Waals surface area contributed by atoms with E-state index in [2.05, 4.69) is 10.9 Å². The van der Waals surface area contributed by atoms with Crippen LogP contribution < -0.4 is 10.9 Å². The fourth-order valence-electron chi connectivity index (χ4n) is 5.92. The van der Waals surface area contributed by atoms with Crippen molar-refractivity contribution in [1.82, 2.24) is 10.9 Å². The van der Waals surface area contributed by atoms with Gasteiger partial charge in [-0.15, -0.1) is 0 Å². The number of hydrazine groups is 1. The summed E-state index contributed by atoms with van der Waals surface area (Å²) < 4.78 is 0.